The molecule has 14 heavy (non-hydrogen) atoms. The normalized spacial score (nSPS) is 22.5. The van der Waals surface area contributed by atoms with E-state index in [1.165, 1.54) is 0 Å². The van der Waals surface area contributed by atoms with Gasteiger partial charge in [0.25, 0.3) is 0 Å². The zero-order valence-electron chi connectivity index (χ0n) is 8.15. The van der Waals surface area contributed by atoms with Gasteiger partial charge in [-0.3, -0.25) is 0 Å². The molecule has 1 unspecified atom stereocenters. The van der Waals surface area contributed by atoms with Crippen LogP contribution in [0.15, 0.2) is 12.2 Å². The van der Waals surface area contributed by atoms with Gasteiger partial charge in [-0.05, 0) is 25.2 Å². The lowest BCUT2D eigenvalue weighted by atomic mass is 9.95. The minimum absolute atomic E-state index is 0.199. The summed E-state index contributed by atoms with van der Waals surface area (Å²) in [6.07, 6.45) is 7.24. The molecule has 1 rings (SSSR count). The van der Waals surface area contributed by atoms with Gasteiger partial charge in [0.15, 0.2) is 0 Å². The largest absolute Gasteiger partial charge is 0.395 e. The summed E-state index contributed by atoms with van der Waals surface area (Å²) in [6.45, 7) is 0.173. The molecule has 0 radical (unpaired) electrons. The van der Waals surface area contributed by atoms with Crippen molar-refractivity contribution in [3.8, 4) is 0 Å². The van der Waals surface area contributed by atoms with E-state index in [1.807, 2.05) is 0 Å². The molecule has 82 valence electrons. The minimum Gasteiger partial charge on any atom is -0.395 e. The fourth-order valence-corrected chi connectivity index (χ4v) is 2.35. The Balaban J connectivity index is 2.29. The summed E-state index contributed by atoms with van der Waals surface area (Å²) >= 11 is 0. The maximum absolute atomic E-state index is 11.2. The standard InChI is InChI=1S/C9H17NO3S/c11-6-7-14(12,13)10-8-9-4-2-1-3-5-9/h1-2,9-11H,3-8H2. The highest BCUT2D eigenvalue weighted by Gasteiger charge is 2.14. The fraction of sp³-hybridized carbons (Fsp3) is 0.778. The van der Waals surface area contributed by atoms with Gasteiger partial charge in [-0.2, -0.15) is 0 Å². The van der Waals surface area contributed by atoms with Gasteiger partial charge in [0, 0.05) is 6.54 Å². The molecule has 1 aliphatic carbocycles. The molecule has 1 aliphatic rings. The van der Waals surface area contributed by atoms with Gasteiger partial charge >= 0.3 is 0 Å². The van der Waals surface area contributed by atoms with E-state index in [2.05, 4.69) is 16.9 Å². The summed E-state index contributed by atoms with van der Waals surface area (Å²) < 4.78 is 24.9. The predicted molar refractivity (Wildman–Crippen MR) is 55.4 cm³/mol. The van der Waals surface area contributed by atoms with Crippen LogP contribution in [0.3, 0.4) is 0 Å². The average Bonchev–Trinajstić information content (AvgIpc) is 2.17. The molecule has 0 aromatic rings. The topological polar surface area (TPSA) is 66.4 Å². The van der Waals surface area contributed by atoms with Gasteiger partial charge in [-0.25, -0.2) is 13.1 Å². The highest BCUT2D eigenvalue weighted by Crippen LogP contribution is 2.16. The van der Waals surface area contributed by atoms with E-state index in [9.17, 15) is 8.42 Å². The van der Waals surface area contributed by atoms with Crippen molar-refractivity contribution in [1.82, 2.24) is 4.72 Å². The lowest BCUT2D eigenvalue weighted by Crippen LogP contribution is -2.32. The molecule has 0 bridgehead atoms. The van der Waals surface area contributed by atoms with Crippen molar-refractivity contribution in [2.24, 2.45) is 5.92 Å². The fourth-order valence-electron chi connectivity index (χ4n) is 1.48. The zero-order chi connectivity index (χ0) is 10.4. The van der Waals surface area contributed by atoms with Gasteiger partial charge in [-0.1, -0.05) is 12.2 Å². The van der Waals surface area contributed by atoms with E-state index in [0.717, 1.165) is 19.3 Å². The van der Waals surface area contributed by atoms with Crippen LogP contribution in [-0.2, 0) is 10.0 Å². The Morgan fingerprint density at radius 1 is 1.43 bits per heavy atom. The van der Waals surface area contributed by atoms with Crippen LogP contribution >= 0.6 is 0 Å². The molecule has 0 aliphatic heterocycles. The Kier molecular flexibility index (Phi) is 4.57. The predicted octanol–water partition coefficient (Wildman–Crippen LogP) is 0.254. The number of hydrogen-bond donors (Lipinski definition) is 2. The van der Waals surface area contributed by atoms with E-state index in [-0.39, 0.29) is 12.4 Å². The van der Waals surface area contributed by atoms with Crippen LogP contribution in [0, 0.1) is 5.92 Å². The second kappa shape index (κ2) is 5.48. The first-order valence-electron chi connectivity index (χ1n) is 4.87. The Hall–Kier alpha value is -0.390. The number of aliphatic hydroxyl groups excluding tert-OH is 1. The molecular weight excluding hydrogens is 202 g/mol. The molecule has 2 N–H and O–H groups in total. The molecule has 0 heterocycles. The minimum atomic E-state index is -3.26. The maximum atomic E-state index is 11.2. The lowest BCUT2D eigenvalue weighted by Gasteiger charge is -2.17. The van der Waals surface area contributed by atoms with Gasteiger partial charge in [0.2, 0.25) is 10.0 Å². The first kappa shape index (κ1) is 11.7. The smallest absolute Gasteiger partial charge is 0.213 e. The van der Waals surface area contributed by atoms with Crippen molar-refractivity contribution >= 4 is 10.0 Å². The molecule has 0 amide bonds. The SMILES string of the molecule is O=S(=O)(CCO)NCC1CC=CCC1. The Bertz CT molecular complexity index is 284. The molecule has 5 heteroatoms. The number of nitrogens with one attached hydrogen (secondary N) is 1. The van der Waals surface area contributed by atoms with E-state index >= 15 is 0 Å². The summed E-state index contributed by atoms with van der Waals surface area (Å²) in [6, 6.07) is 0. The highest BCUT2D eigenvalue weighted by atomic mass is 32.2. The second-order valence-electron chi connectivity index (χ2n) is 3.54. The van der Waals surface area contributed by atoms with Gasteiger partial charge in [0.05, 0.1) is 12.4 Å². The number of allylic oxidation sites excluding steroid dienone is 2. The molecule has 0 aromatic heterocycles. The second-order valence-corrected chi connectivity index (χ2v) is 5.47. The van der Waals surface area contributed by atoms with Crippen molar-refractivity contribution < 1.29 is 13.5 Å². The van der Waals surface area contributed by atoms with Crippen LogP contribution in [0.5, 0.6) is 0 Å². The van der Waals surface area contributed by atoms with E-state index in [4.69, 9.17) is 5.11 Å². The summed E-state index contributed by atoms with van der Waals surface area (Å²) in [5.74, 6) is 0.212. The van der Waals surface area contributed by atoms with Crippen LogP contribution in [0.1, 0.15) is 19.3 Å². The van der Waals surface area contributed by atoms with Gasteiger partial charge in [-0.15, -0.1) is 0 Å². The Morgan fingerprint density at radius 2 is 2.21 bits per heavy atom. The van der Waals surface area contributed by atoms with Crippen LogP contribution in [0.4, 0.5) is 0 Å². The number of sulfonamides is 1. The molecule has 0 saturated carbocycles. The Labute approximate surface area is 85.1 Å². The van der Waals surface area contributed by atoms with Crippen molar-refractivity contribution in [1.29, 1.82) is 0 Å². The summed E-state index contributed by atoms with van der Waals surface area (Å²) in [7, 11) is -3.26. The molecule has 4 nitrogen and oxygen atoms in total. The van der Waals surface area contributed by atoms with Crippen molar-refractivity contribution in [3.63, 3.8) is 0 Å². The first-order chi connectivity index (χ1) is 6.64. The molecule has 0 spiro atoms. The van der Waals surface area contributed by atoms with Crippen molar-refractivity contribution in [2.75, 3.05) is 18.9 Å². The first-order valence-corrected chi connectivity index (χ1v) is 6.52. The lowest BCUT2D eigenvalue weighted by molar-refractivity contribution is 0.319. The monoisotopic (exact) mass is 219 g/mol. The van der Waals surface area contributed by atoms with Crippen molar-refractivity contribution in [2.45, 2.75) is 19.3 Å². The Morgan fingerprint density at radius 3 is 2.79 bits per heavy atom. The number of rotatable bonds is 5. The zero-order valence-corrected chi connectivity index (χ0v) is 8.96. The molecular formula is C9H17NO3S. The van der Waals surface area contributed by atoms with E-state index in [0.29, 0.717) is 12.5 Å². The summed E-state index contributed by atoms with van der Waals surface area (Å²) in [5.41, 5.74) is 0. The van der Waals surface area contributed by atoms with Crippen LogP contribution in [0.25, 0.3) is 0 Å². The summed E-state index contributed by atoms with van der Waals surface area (Å²) in [5, 5.41) is 8.51. The third kappa shape index (κ3) is 4.21. The summed E-state index contributed by atoms with van der Waals surface area (Å²) in [4.78, 5) is 0. The maximum Gasteiger partial charge on any atom is 0.213 e. The van der Waals surface area contributed by atoms with Crippen LogP contribution in [-0.4, -0.2) is 32.4 Å². The quantitative estimate of drug-likeness (QED) is 0.652. The van der Waals surface area contributed by atoms with E-state index in [1.54, 1.807) is 0 Å². The molecule has 0 fully saturated rings. The third-order valence-corrected chi connectivity index (χ3v) is 3.66. The average molecular weight is 219 g/mol. The molecule has 0 aromatic carbocycles. The van der Waals surface area contributed by atoms with E-state index < -0.39 is 10.0 Å². The van der Waals surface area contributed by atoms with Gasteiger partial charge < -0.3 is 5.11 Å². The van der Waals surface area contributed by atoms with Gasteiger partial charge in [0.1, 0.15) is 0 Å². The number of hydrogen-bond acceptors (Lipinski definition) is 3. The van der Waals surface area contributed by atoms with Crippen LogP contribution < -0.4 is 4.72 Å². The highest BCUT2D eigenvalue weighted by molar-refractivity contribution is 7.89. The molecule has 0 saturated heterocycles. The van der Waals surface area contributed by atoms with Crippen molar-refractivity contribution in [3.05, 3.63) is 12.2 Å². The third-order valence-electron chi connectivity index (χ3n) is 2.33. The number of aliphatic hydroxyl groups is 1. The molecule has 1 atom stereocenters. The van der Waals surface area contributed by atoms with Crippen LogP contribution in [0.2, 0.25) is 0 Å².